The lowest BCUT2D eigenvalue weighted by atomic mass is 10.2. The maximum Gasteiger partial charge on any atom is 0.339 e. The first-order valence-corrected chi connectivity index (χ1v) is 4.71. The third-order valence-corrected chi connectivity index (χ3v) is 1.93. The van der Waals surface area contributed by atoms with Gasteiger partial charge in [0.05, 0.1) is 7.11 Å². The number of hydrogen-bond acceptors (Lipinski definition) is 4. The van der Waals surface area contributed by atoms with Gasteiger partial charge >= 0.3 is 11.9 Å². The summed E-state index contributed by atoms with van der Waals surface area (Å²) in [5.41, 5.74) is -0.0962. The molecule has 0 aliphatic carbocycles. The van der Waals surface area contributed by atoms with Crippen LogP contribution in [0.15, 0.2) is 18.2 Å². The van der Waals surface area contributed by atoms with Gasteiger partial charge < -0.3 is 14.6 Å². The summed E-state index contributed by atoms with van der Waals surface area (Å²) in [6.07, 6.45) is 0.164. The van der Waals surface area contributed by atoms with E-state index in [2.05, 4.69) is 0 Å². The molecular weight excluding hydrogens is 212 g/mol. The minimum atomic E-state index is -1.17. The van der Waals surface area contributed by atoms with E-state index in [1.165, 1.54) is 25.3 Å². The highest BCUT2D eigenvalue weighted by atomic mass is 16.6. The van der Waals surface area contributed by atoms with Gasteiger partial charge in [0, 0.05) is 6.42 Å². The van der Waals surface area contributed by atoms with Gasteiger partial charge in [-0.1, -0.05) is 13.0 Å². The first-order valence-electron chi connectivity index (χ1n) is 4.71. The van der Waals surface area contributed by atoms with Crippen molar-refractivity contribution < 1.29 is 24.2 Å². The molecule has 5 nitrogen and oxygen atoms in total. The fraction of sp³-hybridized carbons (Fsp3) is 0.273. The van der Waals surface area contributed by atoms with E-state index < -0.39 is 11.9 Å². The topological polar surface area (TPSA) is 72.8 Å². The fourth-order valence-electron chi connectivity index (χ4n) is 1.14. The number of para-hydroxylation sites is 1. The van der Waals surface area contributed by atoms with Gasteiger partial charge in [-0.2, -0.15) is 0 Å². The van der Waals surface area contributed by atoms with Crippen molar-refractivity contribution >= 4 is 11.9 Å². The summed E-state index contributed by atoms with van der Waals surface area (Å²) in [6.45, 7) is 1.62. The number of carboxylic acid groups (broad SMARTS) is 1. The molecule has 5 heteroatoms. The Labute approximate surface area is 92.6 Å². The molecule has 0 unspecified atom stereocenters. The normalized spacial score (nSPS) is 9.62. The van der Waals surface area contributed by atoms with Gasteiger partial charge in [0.2, 0.25) is 0 Å². The van der Waals surface area contributed by atoms with Crippen molar-refractivity contribution in [3.63, 3.8) is 0 Å². The Morgan fingerprint density at radius 2 is 2.06 bits per heavy atom. The molecule has 1 aromatic carbocycles. The SMILES string of the molecule is CCC(=O)Oc1c(OC)cccc1C(=O)O. The minimum Gasteiger partial charge on any atom is -0.493 e. The maximum absolute atomic E-state index is 11.2. The summed E-state index contributed by atoms with van der Waals surface area (Å²) in [5.74, 6) is -1.50. The smallest absolute Gasteiger partial charge is 0.339 e. The molecule has 0 aliphatic rings. The zero-order valence-electron chi connectivity index (χ0n) is 9.02. The van der Waals surface area contributed by atoms with E-state index in [0.29, 0.717) is 0 Å². The average molecular weight is 224 g/mol. The first kappa shape index (κ1) is 12.0. The molecule has 0 aromatic heterocycles. The van der Waals surface area contributed by atoms with E-state index in [-0.39, 0.29) is 23.5 Å². The Kier molecular flexibility index (Phi) is 3.88. The van der Waals surface area contributed by atoms with Gasteiger partial charge in [-0.05, 0) is 12.1 Å². The highest BCUT2D eigenvalue weighted by molar-refractivity contribution is 5.93. The molecule has 0 radical (unpaired) electrons. The summed E-state index contributed by atoms with van der Waals surface area (Å²) < 4.78 is 9.87. The van der Waals surface area contributed by atoms with E-state index in [0.717, 1.165) is 0 Å². The molecular formula is C11H12O5. The Balaban J connectivity index is 3.19. The number of carbonyl (C=O) groups is 2. The number of carboxylic acids is 1. The highest BCUT2D eigenvalue weighted by Crippen LogP contribution is 2.31. The van der Waals surface area contributed by atoms with Crippen molar-refractivity contribution in [3.05, 3.63) is 23.8 Å². The Hall–Kier alpha value is -2.04. The molecule has 16 heavy (non-hydrogen) atoms. The van der Waals surface area contributed by atoms with Crippen molar-refractivity contribution in [3.8, 4) is 11.5 Å². The van der Waals surface area contributed by atoms with Crippen molar-refractivity contribution in [1.82, 2.24) is 0 Å². The highest BCUT2D eigenvalue weighted by Gasteiger charge is 2.18. The Morgan fingerprint density at radius 3 is 2.56 bits per heavy atom. The van der Waals surface area contributed by atoms with Crippen LogP contribution >= 0.6 is 0 Å². The summed E-state index contributed by atoms with van der Waals surface area (Å²) in [4.78, 5) is 22.1. The average Bonchev–Trinajstić information content (AvgIpc) is 2.28. The third-order valence-electron chi connectivity index (χ3n) is 1.93. The van der Waals surface area contributed by atoms with Gasteiger partial charge in [0.15, 0.2) is 11.5 Å². The number of ether oxygens (including phenoxy) is 2. The van der Waals surface area contributed by atoms with Crippen LogP contribution in [0.4, 0.5) is 0 Å². The summed E-state index contributed by atoms with van der Waals surface area (Å²) >= 11 is 0. The number of carbonyl (C=O) groups excluding carboxylic acids is 1. The maximum atomic E-state index is 11.2. The number of methoxy groups -OCH3 is 1. The Morgan fingerprint density at radius 1 is 1.38 bits per heavy atom. The zero-order chi connectivity index (χ0) is 12.1. The van der Waals surface area contributed by atoms with Gasteiger partial charge in [-0.3, -0.25) is 4.79 Å². The van der Waals surface area contributed by atoms with E-state index >= 15 is 0 Å². The van der Waals surface area contributed by atoms with Gasteiger partial charge in [0.1, 0.15) is 5.56 Å². The van der Waals surface area contributed by atoms with Crippen LogP contribution < -0.4 is 9.47 Å². The van der Waals surface area contributed by atoms with Crippen LogP contribution in [0.2, 0.25) is 0 Å². The lowest BCUT2D eigenvalue weighted by Gasteiger charge is -2.10. The van der Waals surface area contributed by atoms with E-state index in [1.54, 1.807) is 6.92 Å². The van der Waals surface area contributed by atoms with Crippen LogP contribution in [-0.4, -0.2) is 24.2 Å². The molecule has 86 valence electrons. The number of rotatable bonds is 4. The van der Waals surface area contributed by atoms with Crippen LogP contribution in [-0.2, 0) is 4.79 Å². The molecule has 0 spiro atoms. The molecule has 1 rings (SSSR count). The second-order valence-corrected chi connectivity index (χ2v) is 2.97. The number of benzene rings is 1. The molecule has 0 saturated carbocycles. The quantitative estimate of drug-likeness (QED) is 0.622. The standard InChI is InChI=1S/C11H12O5/c1-3-9(12)16-10-7(11(13)14)5-4-6-8(10)15-2/h4-6H,3H2,1-2H3,(H,13,14). The van der Waals surface area contributed by atoms with Crippen molar-refractivity contribution in [2.75, 3.05) is 7.11 Å². The molecule has 0 heterocycles. The van der Waals surface area contributed by atoms with Gasteiger partial charge in [-0.25, -0.2) is 4.79 Å². The van der Waals surface area contributed by atoms with Crippen molar-refractivity contribution in [1.29, 1.82) is 0 Å². The van der Waals surface area contributed by atoms with Crippen LogP contribution in [0.25, 0.3) is 0 Å². The predicted octanol–water partition coefficient (Wildman–Crippen LogP) is 1.71. The van der Waals surface area contributed by atoms with Gasteiger partial charge in [-0.15, -0.1) is 0 Å². The second kappa shape index (κ2) is 5.16. The van der Waals surface area contributed by atoms with Crippen LogP contribution in [0.3, 0.4) is 0 Å². The number of aromatic carboxylic acids is 1. The zero-order valence-corrected chi connectivity index (χ0v) is 9.02. The lowest BCUT2D eigenvalue weighted by molar-refractivity contribution is -0.134. The fourth-order valence-corrected chi connectivity index (χ4v) is 1.14. The number of hydrogen-bond donors (Lipinski definition) is 1. The molecule has 0 atom stereocenters. The van der Waals surface area contributed by atoms with E-state index in [1.807, 2.05) is 0 Å². The molecule has 1 N–H and O–H groups in total. The van der Waals surface area contributed by atoms with Crippen molar-refractivity contribution in [2.24, 2.45) is 0 Å². The summed E-state index contributed by atoms with van der Waals surface area (Å²) in [5, 5.41) is 8.92. The minimum absolute atomic E-state index is 0.0515. The molecule has 0 fully saturated rings. The van der Waals surface area contributed by atoms with Crippen LogP contribution in [0, 0.1) is 0 Å². The monoisotopic (exact) mass is 224 g/mol. The largest absolute Gasteiger partial charge is 0.493 e. The summed E-state index contributed by atoms with van der Waals surface area (Å²) in [7, 11) is 1.38. The second-order valence-electron chi connectivity index (χ2n) is 2.97. The summed E-state index contributed by atoms with van der Waals surface area (Å²) in [6, 6.07) is 4.40. The Bertz CT molecular complexity index is 411. The van der Waals surface area contributed by atoms with Gasteiger partial charge in [0.25, 0.3) is 0 Å². The molecule has 0 saturated heterocycles. The number of esters is 1. The van der Waals surface area contributed by atoms with Crippen LogP contribution in [0.5, 0.6) is 11.5 Å². The van der Waals surface area contributed by atoms with Crippen LogP contribution in [0.1, 0.15) is 23.7 Å². The lowest BCUT2D eigenvalue weighted by Crippen LogP contribution is -2.10. The van der Waals surface area contributed by atoms with E-state index in [9.17, 15) is 9.59 Å². The van der Waals surface area contributed by atoms with E-state index in [4.69, 9.17) is 14.6 Å². The third kappa shape index (κ3) is 2.50. The molecule has 0 bridgehead atoms. The molecule has 1 aromatic rings. The van der Waals surface area contributed by atoms with Crippen molar-refractivity contribution in [2.45, 2.75) is 13.3 Å². The molecule has 0 amide bonds. The first-order chi connectivity index (χ1) is 7.60. The predicted molar refractivity (Wildman–Crippen MR) is 55.9 cm³/mol. The molecule has 0 aliphatic heterocycles.